The lowest BCUT2D eigenvalue weighted by atomic mass is 10.2. The van der Waals surface area contributed by atoms with Gasteiger partial charge in [-0.2, -0.15) is 0 Å². The van der Waals surface area contributed by atoms with E-state index in [-0.39, 0.29) is 9.76 Å². The molecule has 0 aromatic carbocycles. The van der Waals surface area contributed by atoms with Gasteiger partial charge in [-0.05, 0) is 57.5 Å². The van der Waals surface area contributed by atoms with Crippen LogP contribution in [0.3, 0.4) is 0 Å². The Balaban J connectivity index is 1.63. The van der Waals surface area contributed by atoms with Crippen LogP contribution in [-0.2, 0) is 13.9 Å². The summed E-state index contributed by atoms with van der Waals surface area (Å²) in [5.41, 5.74) is 0. The molecule has 2 saturated heterocycles. The Morgan fingerprint density at radius 1 is 1.08 bits per heavy atom. The van der Waals surface area contributed by atoms with Crippen LogP contribution >= 0.6 is 0 Å². The average molecular weight is 358 g/mol. The fraction of sp³-hybridized carbons (Fsp3) is 1.00. The molecule has 0 radical (unpaired) electrons. The molecular formula is C19H39NO3Si. The van der Waals surface area contributed by atoms with Gasteiger partial charge in [0.2, 0.25) is 0 Å². The van der Waals surface area contributed by atoms with Gasteiger partial charge in [-0.25, -0.2) is 0 Å². The SMILES string of the molecule is CCCC(CC)O[SiH2]CCCN(CC1CCCO1)CC1CCCO1. The van der Waals surface area contributed by atoms with Crippen molar-refractivity contribution in [3.63, 3.8) is 0 Å². The van der Waals surface area contributed by atoms with E-state index in [0.717, 1.165) is 26.3 Å². The van der Waals surface area contributed by atoms with E-state index in [9.17, 15) is 0 Å². The van der Waals surface area contributed by atoms with Crippen molar-refractivity contribution >= 4 is 9.76 Å². The monoisotopic (exact) mass is 357 g/mol. The second-order valence-corrected chi connectivity index (χ2v) is 8.88. The third-order valence-electron chi connectivity index (χ3n) is 5.26. The summed E-state index contributed by atoms with van der Waals surface area (Å²) < 4.78 is 17.9. The molecule has 2 rings (SSSR count). The van der Waals surface area contributed by atoms with Crippen LogP contribution in [0.25, 0.3) is 0 Å². The van der Waals surface area contributed by atoms with E-state index in [1.54, 1.807) is 0 Å². The summed E-state index contributed by atoms with van der Waals surface area (Å²) in [4.78, 5) is 2.60. The normalized spacial score (nSPS) is 26.1. The van der Waals surface area contributed by atoms with E-state index in [4.69, 9.17) is 13.9 Å². The first-order chi connectivity index (χ1) is 11.8. The molecule has 3 unspecified atom stereocenters. The molecule has 0 bridgehead atoms. The van der Waals surface area contributed by atoms with Crippen LogP contribution in [0, 0.1) is 0 Å². The fourth-order valence-corrected chi connectivity index (χ4v) is 5.15. The van der Waals surface area contributed by atoms with Crippen LogP contribution in [0.4, 0.5) is 0 Å². The van der Waals surface area contributed by atoms with Crippen LogP contribution in [0.5, 0.6) is 0 Å². The first-order valence-corrected chi connectivity index (χ1v) is 12.0. The van der Waals surface area contributed by atoms with Crippen molar-refractivity contribution in [1.82, 2.24) is 4.90 Å². The maximum Gasteiger partial charge on any atom is 0.162 e. The summed E-state index contributed by atoms with van der Waals surface area (Å²) in [7, 11) is -0.350. The van der Waals surface area contributed by atoms with Crippen molar-refractivity contribution < 1.29 is 13.9 Å². The maximum atomic E-state index is 6.15. The lowest BCUT2D eigenvalue weighted by molar-refractivity contribution is 0.0376. The Morgan fingerprint density at radius 2 is 1.75 bits per heavy atom. The number of hydrogen-bond acceptors (Lipinski definition) is 4. The summed E-state index contributed by atoms with van der Waals surface area (Å²) in [6, 6.07) is 1.30. The van der Waals surface area contributed by atoms with Crippen LogP contribution in [0.15, 0.2) is 0 Å². The Hall–Kier alpha value is 0.0569. The van der Waals surface area contributed by atoms with Crippen molar-refractivity contribution in [3.05, 3.63) is 0 Å². The molecule has 0 aromatic heterocycles. The predicted molar refractivity (Wildman–Crippen MR) is 102 cm³/mol. The number of rotatable bonds is 13. The van der Waals surface area contributed by atoms with E-state index in [1.807, 2.05) is 0 Å². The fourth-order valence-electron chi connectivity index (χ4n) is 3.82. The second kappa shape index (κ2) is 12.4. The van der Waals surface area contributed by atoms with Gasteiger partial charge in [0.15, 0.2) is 9.76 Å². The molecule has 3 atom stereocenters. The molecule has 0 saturated carbocycles. The third-order valence-corrected chi connectivity index (χ3v) is 6.76. The van der Waals surface area contributed by atoms with Crippen molar-refractivity contribution in [3.8, 4) is 0 Å². The van der Waals surface area contributed by atoms with E-state index in [1.165, 1.54) is 64.0 Å². The van der Waals surface area contributed by atoms with E-state index >= 15 is 0 Å². The van der Waals surface area contributed by atoms with Gasteiger partial charge in [-0.3, -0.25) is 4.90 Å². The molecule has 2 fully saturated rings. The van der Waals surface area contributed by atoms with Gasteiger partial charge in [0.05, 0.1) is 12.2 Å². The zero-order valence-electron chi connectivity index (χ0n) is 16.0. The predicted octanol–water partition coefficient (Wildman–Crippen LogP) is 3.13. The van der Waals surface area contributed by atoms with E-state index in [0.29, 0.717) is 18.3 Å². The summed E-state index contributed by atoms with van der Waals surface area (Å²) >= 11 is 0. The van der Waals surface area contributed by atoms with Gasteiger partial charge in [0, 0.05) is 32.4 Å². The average Bonchev–Trinajstić information content (AvgIpc) is 3.27. The largest absolute Gasteiger partial charge is 0.421 e. The quantitative estimate of drug-likeness (QED) is 0.374. The molecule has 2 heterocycles. The van der Waals surface area contributed by atoms with Gasteiger partial charge in [-0.1, -0.05) is 20.3 Å². The topological polar surface area (TPSA) is 30.9 Å². The standard InChI is InChI=1S/C19H39NO3Si/c1-3-8-17(4-2)23-24-14-7-11-20(15-18-9-5-12-21-18)16-19-10-6-13-22-19/h17-19H,3-16,24H2,1-2H3. The van der Waals surface area contributed by atoms with Crippen molar-refractivity contribution in [2.24, 2.45) is 0 Å². The molecule has 24 heavy (non-hydrogen) atoms. The van der Waals surface area contributed by atoms with Crippen LogP contribution < -0.4 is 0 Å². The van der Waals surface area contributed by atoms with Gasteiger partial charge >= 0.3 is 0 Å². The van der Waals surface area contributed by atoms with Crippen molar-refractivity contribution in [2.75, 3.05) is 32.8 Å². The van der Waals surface area contributed by atoms with Crippen LogP contribution in [0.2, 0.25) is 6.04 Å². The zero-order chi connectivity index (χ0) is 17.0. The second-order valence-electron chi connectivity index (χ2n) is 7.43. The van der Waals surface area contributed by atoms with Gasteiger partial charge in [0.1, 0.15) is 0 Å². The van der Waals surface area contributed by atoms with Crippen molar-refractivity contribution in [2.45, 2.75) is 89.6 Å². The molecule has 4 nitrogen and oxygen atoms in total. The first-order valence-electron chi connectivity index (χ1n) is 10.4. The number of hydrogen-bond donors (Lipinski definition) is 0. The lowest BCUT2D eigenvalue weighted by Gasteiger charge is -2.27. The Kier molecular flexibility index (Phi) is 10.5. The summed E-state index contributed by atoms with van der Waals surface area (Å²) in [5.74, 6) is 0. The summed E-state index contributed by atoms with van der Waals surface area (Å²) in [6.07, 6.45) is 11.3. The smallest absolute Gasteiger partial charge is 0.162 e. The summed E-state index contributed by atoms with van der Waals surface area (Å²) in [5, 5.41) is 0. The number of nitrogens with zero attached hydrogens (tertiary/aromatic N) is 1. The summed E-state index contributed by atoms with van der Waals surface area (Å²) in [6.45, 7) is 9.78. The molecule has 0 spiro atoms. The van der Waals surface area contributed by atoms with Gasteiger partial charge in [-0.15, -0.1) is 0 Å². The highest BCUT2D eigenvalue weighted by molar-refractivity contribution is 6.27. The molecule has 0 amide bonds. The third kappa shape index (κ3) is 7.96. The maximum absolute atomic E-state index is 6.15. The molecule has 0 N–H and O–H groups in total. The van der Waals surface area contributed by atoms with Crippen LogP contribution in [-0.4, -0.2) is 65.8 Å². The highest BCUT2D eigenvalue weighted by Gasteiger charge is 2.23. The first kappa shape index (κ1) is 20.4. The van der Waals surface area contributed by atoms with E-state index < -0.39 is 0 Å². The minimum Gasteiger partial charge on any atom is -0.421 e. The molecular weight excluding hydrogens is 318 g/mol. The van der Waals surface area contributed by atoms with E-state index in [2.05, 4.69) is 18.7 Å². The number of ether oxygens (including phenoxy) is 2. The minimum absolute atomic E-state index is 0.350. The van der Waals surface area contributed by atoms with Gasteiger partial charge < -0.3 is 13.9 Å². The van der Waals surface area contributed by atoms with Gasteiger partial charge in [0.25, 0.3) is 0 Å². The Morgan fingerprint density at radius 3 is 2.25 bits per heavy atom. The highest BCUT2D eigenvalue weighted by atomic mass is 28.2. The molecule has 142 valence electrons. The minimum atomic E-state index is -0.350. The molecule has 2 aliphatic rings. The molecule has 2 aliphatic heterocycles. The van der Waals surface area contributed by atoms with Crippen LogP contribution in [0.1, 0.15) is 65.2 Å². The van der Waals surface area contributed by atoms with Crippen molar-refractivity contribution in [1.29, 1.82) is 0 Å². The molecule has 0 aromatic rings. The molecule has 0 aliphatic carbocycles. The lowest BCUT2D eigenvalue weighted by Crippen LogP contribution is -2.38. The zero-order valence-corrected chi connectivity index (χ0v) is 17.4. The Bertz CT molecular complexity index is 289. The Labute approximate surface area is 151 Å². The highest BCUT2D eigenvalue weighted by Crippen LogP contribution is 2.17. The molecule has 5 heteroatoms.